The molecular weight excluding hydrogens is 144 g/mol. The second-order valence-corrected chi connectivity index (χ2v) is 2.79. The summed E-state index contributed by atoms with van der Waals surface area (Å²) >= 11 is 0. The molecular formula is C7H12N2O2. The zero-order chi connectivity index (χ0) is 8.43. The van der Waals surface area contributed by atoms with Gasteiger partial charge in [-0.2, -0.15) is 0 Å². The third-order valence-electron chi connectivity index (χ3n) is 1.93. The quantitative estimate of drug-likeness (QED) is 0.480. The minimum atomic E-state index is -0.480. The van der Waals surface area contributed by atoms with Crippen molar-refractivity contribution >= 4 is 11.8 Å². The van der Waals surface area contributed by atoms with E-state index in [0.717, 1.165) is 11.3 Å². The molecule has 0 bridgehead atoms. The van der Waals surface area contributed by atoms with E-state index in [9.17, 15) is 9.59 Å². The van der Waals surface area contributed by atoms with Gasteiger partial charge in [-0.25, -0.2) is 0 Å². The number of nitrogens with zero attached hydrogens (tertiary/aromatic N) is 1. The van der Waals surface area contributed by atoms with Gasteiger partial charge >= 0.3 is 0 Å². The van der Waals surface area contributed by atoms with Crippen LogP contribution >= 0.6 is 0 Å². The number of carbonyl (C=O) groups is 2. The van der Waals surface area contributed by atoms with Crippen molar-refractivity contribution in [2.45, 2.75) is 25.3 Å². The molecule has 0 aromatic heterocycles. The first-order chi connectivity index (χ1) is 5.13. The first-order valence-corrected chi connectivity index (χ1v) is 3.69. The lowest BCUT2D eigenvalue weighted by Gasteiger charge is -2.14. The van der Waals surface area contributed by atoms with Crippen LogP contribution in [0.1, 0.15) is 19.3 Å². The Morgan fingerprint density at radius 1 is 1.55 bits per heavy atom. The van der Waals surface area contributed by atoms with Gasteiger partial charge in [0.05, 0.1) is 6.04 Å². The van der Waals surface area contributed by atoms with Crippen LogP contribution in [0.15, 0.2) is 0 Å². The molecule has 2 N–H and O–H groups in total. The molecule has 1 rings (SSSR count). The minimum absolute atomic E-state index is 0.122. The molecule has 4 heteroatoms. The Bertz CT molecular complexity index is 191. The van der Waals surface area contributed by atoms with Crippen molar-refractivity contribution in [2.75, 3.05) is 7.05 Å². The van der Waals surface area contributed by atoms with E-state index in [4.69, 9.17) is 5.73 Å². The highest BCUT2D eigenvalue weighted by atomic mass is 16.2. The third-order valence-corrected chi connectivity index (χ3v) is 1.93. The topological polar surface area (TPSA) is 63.4 Å². The van der Waals surface area contributed by atoms with Crippen molar-refractivity contribution in [3.63, 3.8) is 0 Å². The maximum atomic E-state index is 11.1. The first kappa shape index (κ1) is 8.20. The molecule has 0 spiro atoms. The summed E-state index contributed by atoms with van der Waals surface area (Å²) in [4.78, 5) is 23.3. The van der Waals surface area contributed by atoms with Gasteiger partial charge in [-0.1, -0.05) is 0 Å². The van der Waals surface area contributed by atoms with Crippen molar-refractivity contribution < 1.29 is 9.59 Å². The van der Waals surface area contributed by atoms with Gasteiger partial charge in [0.2, 0.25) is 11.8 Å². The second-order valence-electron chi connectivity index (χ2n) is 2.79. The largest absolute Gasteiger partial charge is 0.320 e. The molecule has 0 aromatic rings. The van der Waals surface area contributed by atoms with E-state index in [1.54, 1.807) is 0 Å². The molecule has 1 heterocycles. The Hall–Kier alpha value is -0.900. The molecule has 1 atom stereocenters. The lowest BCUT2D eigenvalue weighted by molar-refractivity contribution is -0.142. The Labute approximate surface area is 65.3 Å². The predicted molar refractivity (Wildman–Crippen MR) is 39.6 cm³/mol. The van der Waals surface area contributed by atoms with E-state index in [1.165, 1.54) is 7.05 Å². The van der Waals surface area contributed by atoms with Gasteiger partial charge in [-0.3, -0.25) is 14.5 Å². The maximum Gasteiger partial charge on any atom is 0.245 e. The van der Waals surface area contributed by atoms with E-state index in [2.05, 4.69) is 0 Å². The highest BCUT2D eigenvalue weighted by Crippen LogP contribution is 2.09. The summed E-state index contributed by atoms with van der Waals surface area (Å²) in [5, 5.41) is 0. The average molecular weight is 156 g/mol. The molecule has 2 amide bonds. The SMILES string of the molecule is CN1C(=O)CCCC(N)C1=O. The number of hydrogen-bond acceptors (Lipinski definition) is 3. The summed E-state index contributed by atoms with van der Waals surface area (Å²) in [6.45, 7) is 0. The van der Waals surface area contributed by atoms with Crippen molar-refractivity contribution in [1.82, 2.24) is 4.90 Å². The molecule has 1 fully saturated rings. The van der Waals surface area contributed by atoms with Crippen LogP contribution in [-0.2, 0) is 9.59 Å². The van der Waals surface area contributed by atoms with Crippen molar-refractivity contribution in [2.24, 2.45) is 5.73 Å². The summed E-state index contributed by atoms with van der Waals surface area (Å²) in [5.74, 6) is -0.379. The van der Waals surface area contributed by atoms with Gasteiger partial charge < -0.3 is 5.73 Å². The van der Waals surface area contributed by atoms with Gasteiger partial charge in [0.1, 0.15) is 0 Å². The fourth-order valence-corrected chi connectivity index (χ4v) is 1.14. The molecule has 1 saturated heterocycles. The summed E-state index contributed by atoms with van der Waals surface area (Å²) in [5.41, 5.74) is 5.49. The van der Waals surface area contributed by atoms with Crippen LogP contribution < -0.4 is 5.73 Å². The van der Waals surface area contributed by atoms with Gasteiger partial charge in [0.25, 0.3) is 0 Å². The van der Waals surface area contributed by atoms with Crippen molar-refractivity contribution in [1.29, 1.82) is 0 Å². The number of likely N-dealkylation sites (N-methyl/N-ethyl adjacent to an activating group) is 1. The number of rotatable bonds is 0. The molecule has 4 nitrogen and oxygen atoms in total. The number of carbonyl (C=O) groups excluding carboxylic acids is 2. The molecule has 0 saturated carbocycles. The molecule has 62 valence electrons. The van der Waals surface area contributed by atoms with E-state index in [0.29, 0.717) is 12.8 Å². The number of nitrogens with two attached hydrogens (primary N) is 1. The third kappa shape index (κ3) is 1.57. The fourth-order valence-electron chi connectivity index (χ4n) is 1.14. The van der Waals surface area contributed by atoms with Crippen LogP contribution in [0, 0.1) is 0 Å². The fraction of sp³-hybridized carbons (Fsp3) is 0.714. The monoisotopic (exact) mass is 156 g/mol. The lowest BCUT2D eigenvalue weighted by Crippen LogP contribution is -2.42. The normalized spacial score (nSPS) is 27.1. The van der Waals surface area contributed by atoms with Gasteiger partial charge in [0, 0.05) is 13.5 Å². The van der Waals surface area contributed by atoms with Gasteiger partial charge in [-0.05, 0) is 12.8 Å². The average Bonchev–Trinajstić information content (AvgIpc) is 2.07. The van der Waals surface area contributed by atoms with Crippen LogP contribution in [0.2, 0.25) is 0 Å². The summed E-state index contributed by atoms with van der Waals surface area (Å²) in [6, 6.07) is -0.480. The van der Waals surface area contributed by atoms with Crippen LogP contribution in [0.4, 0.5) is 0 Å². The van der Waals surface area contributed by atoms with Crippen LogP contribution in [0.25, 0.3) is 0 Å². The molecule has 0 radical (unpaired) electrons. The summed E-state index contributed by atoms with van der Waals surface area (Å²) in [6.07, 6.45) is 1.78. The zero-order valence-electron chi connectivity index (χ0n) is 6.54. The lowest BCUT2D eigenvalue weighted by atomic mass is 10.1. The molecule has 1 aliphatic rings. The van der Waals surface area contributed by atoms with E-state index < -0.39 is 6.04 Å². The van der Waals surface area contributed by atoms with Crippen LogP contribution in [0.5, 0.6) is 0 Å². The molecule has 11 heavy (non-hydrogen) atoms. The van der Waals surface area contributed by atoms with E-state index in [-0.39, 0.29) is 11.8 Å². The minimum Gasteiger partial charge on any atom is -0.320 e. The van der Waals surface area contributed by atoms with Crippen LogP contribution in [0.3, 0.4) is 0 Å². The Morgan fingerprint density at radius 2 is 2.18 bits per heavy atom. The molecule has 1 unspecified atom stereocenters. The smallest absolute Gasteiger partial charge is 0.245 e. The Balaban J connectivity index is 2.73. The molecule has 0 aliphatic carbocycles. The first-order valence-electron chi connectivity index (χ1n) is 3.69. The van der Waals surface area contributed by atoms with E-state index >= 15 is 0 Å². The Kier molecular flexibility index (Phi) is 2.24. The predicted octanol–water partition coefficient (Wildman–Crippen LogP) is -0.517. The van der Waals surface area contributed by atoms with E-state index in [1.807, 2.05) is 0 Å². The Morgan fingerprint density at radius 3 is 2.82 bits per heavy atom. The summed E-state index contributed by atoms with van der Waals surface area (Å²) in [7, 11) is 1.48. The van der Waals surface area contributed by atoms with Crippen LogP contribution in [-0.4, -0.2) is 29.8 Å². The number of hydrogen-bond donors (Lipinski definition) is 1. The number of imide groups is 1. The van der Waals surface area contributed by atoms with Crippen molar-refractivity contribution in [3.05, 3.63) is 0 Å². The molecule has 1 aliphatic heterocycles. The van der Waals surface area contributed by atoms with Gasteiger partial charge in [0.15, 0.2) is 0 Å². The highest BCUT2D eigenvalue weighted by molar-refractivity contribution is 5.98. The standard InChI is InChI=1S/C7H12N2O2/c1-9-6(10)4-2-3-5(8)7(9)11/h5H,2-4,8H2,1H3. The van der Waals surface area contributed by atoms with Gasteiger partial charge in [-0.15, -0.1) is 0 Å². The summed E-state index contributed by atoms with van der Waals surface area (Å²) < 4.78 is 0. The number of likely N-dealkylation sites (tertiary alicyclic amines) is 1. The highest BCUT2D eigenvalue weighted by Gasteiger charge is 2.25. The number of amides is 2. The zero-order valence-corrected chi connectivity index (χ0v) is 6.54. The van der Waals surface area contributed by atoms with Crippen molar-refractivity contribution in [3.8, 4) is 0 Å². The molecule has 0 aromatic carbocycles. The second kappa shape index (κ2) is 3.00. The maximum absolute atomic E-state index is 11.1.